The number of ketones is 1. The zero-order valence-electron chi connectivity index (χ0n) is 20.0. The Morgan fingerprint density at radius 1 is 1.24 bits per heavy atom. The number of carbonyl (C=O) groups is 1. The molecule has 5 heteroatoms. The number of allylic oxidation sites excluding steroid dienone is 3. The molecule has 0 aromatic heterocycles. The van der Waals surface area contributed by atoms with Gasteiger partial charge in [0.25, 0.3) is 0 Å². The molecule has 0 fully saturated rings. The molecule has 3 rings (SSSR count). The van der Waals surface area contributed by atoms with Crippen LogP contribution in [-0.2, 0) is 6.42 Å². The van der Waals surface area contributed by atoms with E-state index in [1.54, 1.807) is 24.3 Å². The summed E-state index contributed by atoms with van der Waals surface area (Å²) in [7, 11) is 0. The summed E-state index contributed by atoms with van der Waals surface area (Å²) >= 11 is 0. The summed E-state index contributed by atoms with van der Waals surface area (Å²) in [6, 6.07) is 8.38. The van der Waals surface area contributed by atoms with Gasteiger partial charge in [-0.3, -0.25) is 4.79 Å². The van der Waals surface area contributed by atoms with Crippen LogP contribution in [0.4, 0.5) is 0 Å². The van der Waals surface area contributed by atoms with E-state index >= 15 is 0 Å². The molecule has 1 heterocycles. The molecule has 0 saturated heterocycles. The average Bonchev–Trinajstić information content (AvgIpc) is 2.75. The first-order valence-corrected chi connectivity index (χ1v) is 11.5. The summed E-state index contributed by atoms with van der Waals surface area (Å²) in [5.74, 6) is 0.922. The van der Waals surface area contributed by atoms with Gasteiger partial charge < -0.3 is 19.7 Å². The molecule has 2 aromatic rings. The molecule has 176 valence electrons. The standard InChI is InChI=1S/C28H34O5/c1-6-32-26-15-23(30)21(14-13-19(18(4)5)12-11-17(2)3)28-27(26)24(31)16-25(33-28)20-9-7-8-10-22(20)29/h7-11,15,19,25,29-30H,4,6,12-14,16H2,1-3,5H3. The van der Waals surface area contributed by atoms with Crippen LogP contribution in [0.3, 0.4) is 0 Å². The summed E-state index contributed by atoms with van der Waals surface area (Å²) in [6.07, 6.45) is 3.80. The summed E-state index contributed by atoms with van der Waals surface area (Å²) < 4.78 is 12.0. The molecule has 0 saturated carbocycles. The number of phenolic OH excluding ortho intramolecular Hbond substituents is 2. The second-order valence-corrected chi connectivity index (χ2v) is 8.90. The number of phenols is 2. The molecule has 33 heavy (non-hydrogen) atoms. The van der Waals surface area contributed by atoms with E-state index in [4.69, 9.17) is 9.47 Å². The van der Waals surface area contributed by atoms with E-state index in [1.807, 2.05) is 13.8 Å². The topological polar surface area (TPSA) is 76.0 Å². The SMILES string of the molecule is C=C(C)C(CC=C(C)C)CCc1c(O)cc(OCC)c2c1OC(c1ccccc1O)CC2=O. The van der Waals surface area contributed by atoms with E-state index in [9.17, 15) is 15.0 Å². The number of Topliss-reactive ketones (excluding diaryl/α,β-unsaturated/α-hetero) is 1. The van der Waals surface area contributed by atoms with Crippen LogP contribution in [0.15, 0.2) is 54.1 Å². The first-order chi connectivity index (χ1) is 15.7. The maximum absolute atomic E-state index is 13.2. The highest BCUT2D eigenvalue weighted by Crippen LogP contribution is 2.47. The zero-order chi connectivity index (χ0) is 24.1. The van der Waals surface area contributed by atoms with Crippen molar-refractivity contribution in [2.24, 2.45) is 5.92 Å². The van der Waals surface area contributed by atoms with Gasteiger partial charge in [-0.1, -0.05) is 42.0 Å². The van der Waals surface area contributed by atoms with Gasteiger partial charge in [0.1, 0.15) is 34.7 Å². The van der Waals surface area contributed by atoms with Gasteiger partial charge in [0.2, 0.25) is 0 Å². The Morgan fingerprint density at radius 3 is 2.61 bits per heavy atom. The number of benzene rings is 2. The second-order valence-electron chi connectivity index (χ2n) is 8.90. The Labute approximate surface area is 196 Å². The largest absolute Gasteiger partial charge is 0.508 e. The van der Waals surface area contributed by atoms with Crippen LogP contribution in [0.5, 0.6) is 23.0 Å². The monoisotopic (exact) mass is 450 g/mol. The van der Waals surface area contributed by atoms with Crippen molar-refractivity contribution in [1.29, 1.82) is 0 Å². The Balaban J connectivity index is 2.01. The highest BCUT2D eigenvalue weighted by molar-refractivity contribution is 6.03. The number of carbonyl (C=O) groups excluding carboxylic acids is 1. The van der Waals surface area contributed by atoms with Crippen LogP contribution < -0.4 is 9.47 Å². The van der Waals surface area contributed by atoms with Gasteiger partial charge in [-0.25, -0.2) is 0 Å². The van der Waals surface area contributed by atoms with Crippen LogP contribution in [0.25, 0.3) is 0 Å². The third kappa shape index (κ3) is 5.59. The van der Waals surface area contributed by atoms with Crippen molar-refractivity contribution in [2.45, 2.75) is 59.5 Å². The van der Waals surface area contributed by atoms with Crippen LogP contribution in [-0.4, -0.2) is 22.6 Å². The number of ether oxygens (including phenoxy) is 2. The summed E-state index contributed by atoms with van der Waals surface area (Å²) in [4.78, 5) is 13.2. The number of hydrogen-bond donors (Lipinski definition) is 2. The van der Waals surface area contributed by atoms with Crippen molar-refractivity contribution in [2.75, 3.05) is 6.61 Å². The fourth-order valence-corrected chi connectivity index (χ4v) is 4.22. The van der Waals surface area contributed by atoms with Crippen LogP contribution in [0, 0.1) is 5.92 Å². The number of fused-ring (bicyclic) bond motifs is 1. The van der Waals surface area contributed by atoms with Gasteiger partial charge in [-0.2, -0.15) is 0 Å². The average molecular weight is 451 g/mol. The summed E-state index contributed by atoms with van der Waals surface area (Å²) in [5.41, 5.74) is 3.84. The van der Waals surface area contributed by atoms with Gasteiger partial charge in [0, 0.05) is 17.2 Å². The molecular weight excluding hydrogens is 416 g/mol. The maximum Gasteiger partial charge on any atom is 0.174 e. The number of aromatic hydroxyl groups is 2. The third-order valence-corrected chi connectivity index (χ3v) is 6.07. The van der Waals surface area contributed by atoms with Gasteiger partial charge in [-0.15, -0.1) is 0 Å². The maximum atomic E-state index is 13.2. The lowest BCUT2D eigenvalue weighted by atomic mass is 9.87. The summed E-state index contributed by atoms with van der Waals surface area (Å²) in [6.45, 7) is 12.5. The van der Waals surface area contributed by atoms with E-state index in [0.29, 0.717) is 41.2 Å². The zero-order valence-corrected chi connectivity index (χ0v) is 20.0. The molecule has 2 N–H and O–H groups in total. The highest BCUT2D eigenvalue weighted by Gasteiger charge is 2.35. The summed E-state index contributed by atoms with van der Waals surface area (Å²) in [5, 5.41) is 21.2. The smallest absolute Gasteiger partial charge is 0.174 e. The molecule has 1 aliphatic heterocycles. The second kappa shape index (κ2) is 10.6. The van der Waals surface area contributed by atoms with Gasteiger partial charge in [0.05, 0.1) is 13.0 Å². The minimum Gasteiger partial charge on any atom is -0.508 e. The Morgan fingerprint density at radius 2 is 1.97 bits per heavy atom. The minimum atomic E-state index is -0.635. The molecule has 2 atom stereocenters. The Kier molecular flexibility index (Phi) is 7.85. The molecule has 1 aliphatic rings. The minimum absolute atomic E-state index is 0.0469. The fourth-order valence-electron chi connectivity index (χ4n) is 4.22. The lowest BCUT2D eigenvalue weighted by molar-refractivity contribution is 0.0837. The van der Waals surface area contributed by atoms with Crippen molar-refractivity contribution in [3.8, 4) is 23.0 Å². The van der Waals surface area contributed by atoms with Crippen molar-refractivity contribution in [3.63, 3.8) is 0 Å². The number of para-hydroxylation sites is 1. The molecule has 5 nitrogen and oxygen atoms in total. The molecule has 0 aliphatic carbocycles. The van der Waals surface area contributed by atoms with Crippen molar-refractivity contribution in [1.82, 2.24) is 0 Å². The normalized spacial score (nSPS) is 15.9. The molecule has 0 bridgehead atoms. The first kappa shape index (κ1) is 24.4. The van der Waals surface area contributed by atoms with Gasteiger partial charge in [0.15, 0.2) is 5.78 Å². The van der Waals surface area contributed by atoms with E-state index in [1.165, 1.54) is 11.6 Å². The lowest BCUT2D eigenvalue weighted by Gasteiger charge is -2.30. The molecule has 2 unspecified atom stereocenters. The number of rotatable bonds is 9. The highest BCUT2D eigenvalue weighted by atomic mass is 16.5. The Hall–Kier alpha value is -3.21. The van der Waals surface area contributed by atoms with Gasteiger partial charge in [-0.05, 0) is 58.9 Å². The van der Waals surface area contributed by atoms with Crippen molar-refractivity contribution in [3.05, 3.63) is 70.8 Å². The van der Waals surface area contributed by atoms with Crippen LogP contribution in [0.1, 0.15) is 74.5 Å². The van der Waals surface area contributed by atoms with Crippen molar-refractivity contribution >= 4 is 5.78 Å². The molecular formula is C28H34O5. The molecule has 2 aromatic carbocycles. The Bertz CT molecular complexity index is 1060. The van der Waals surface area contributed by atoms with Gasteiger partial charge >= 0.3 is 0 Å². The predicted octanol–water partition coefficient (Wildman–Crippen LogP) is 6.68. The van der Waals surface area contributed by atoms with Crippen LogP contribution in [0.2, 0.25) is 0 Å². The first-order valence-electron chi connectivity index (χ1n) is 11.5. The molecule has 0 radical (unpaired) electrons. The van der Waals surface area contributed by atoms with E-state index in [0.717, 1.165) is 18.4 Å². The molecule has 0 spiro atoms. The van der Waals surface area contributed by atoms with Crippen LogP contribution >= 0.6 is 0 Å². The fraction of sp³-hybridized carbons (Fsp3) is 0.393. The van der Waals surface area contributed by atoms with E-state index in [2.05, 4.69) is 26.5 Å². The quantitative estimate of drug-likeness (QED) is 0.417. The van der Waals surface area contributed by atoms with Crippen molar-refractivity contribution < 1.29 is 24.5 Å². The van der Waals surface area contributed by atoms with E-state index < -0.39 is 6.10 Å². The lowest BCUT2D eigenvalue weighted by Crippen LogP contribution is -2.23. The third-order valence-electron chi connectivity index (χ3n) is 6.07. The van der Waals surface area contributed by atoms with E-state index in [-0.39, 0.29) is 29.6 Å². The molecule has 0 amide bonds. The predicted molar refractivity (Wildman–Crippen MR) is 130 cm³/mol. The number of hydrogen-bond acceptors (Lipinski definition) is 5.